The van der Waals surface area contributed by atoms with Gasteiger partial charge in [-0.1, -0.05) is 19.9 Å². The molecule has 4 nitrogen and oxygen atoms in total. The van der Waals surface area contributed by atoms with Gasteiger partial charge in [0.05, 0.1) is 6.54 Å². The van der Waals surface area contributed by atoms with Gasteiger partial charge in [-0.05, 0) is 25.6 Å². The van der Waals surface area contributed by atoms with Crippen LogP contribution in [0.1, 0.15) is 20.3 Å². The number of amides is 1. The van der Waals surface area contributed by atoms with E-state index in [4.69, 9.17) is 4.74 Å². The molecule has 2 atom stereocenters. The fourth-order valence-electron chi connectivity index (χ4n) is 1.79. The highest BCUT2D eigenvalue weighted by atomic mass is 35.5. The van der Waals surface area contributed by atoms with Crippen LogP contribution in [0.2, 0.25) is 0 Å². The lowest BCUT2D eigenvalue weighted by molar-refractivity contribution is -0.124. The van der Waals surface area contributed by atoms with Gasteiger partial charge in [0, 0.05) is 18.5 Å². The first-order valence-electron chi connectivity index (χ1n) is 6.91. The number of hydrogen-bond acceptors (Lipinski definition) is 3. The van der Waals surface area contributed by atoms with E-state index in [1.165, 1.54) is 12.1 Å². The van der Waals surface area contributed by atoms with Gasteiger partial charge in [-0.25, -0.2) is 4.39 Å². The van der Waals surface area contributed by atoms with E-state index in [1.807, 2.05) is 20.9 Å². The first-order chi connectivity index (χ1) is 9.56. The average molecular weight is 319 g/mol. The second-order valence-corrected chi connectivity index (χ2v) is 4.81. The second kappa shape index (κ2) is 10.4. The minimum atomic E-state index is -0.330. The summed E-state index contributed by atoms with van der Waals surface area (Å²) >= 11 is 0. The molecule has 0 saturated carbocycles. The molecule has 0 saturated heterocycles. The largest absolute Gasteiger partial charge is 0.489 e. The zero-order valence-corrected chi connectivity index (χ0v) is 13.5. The maximum atomic E-state index is 13.1. The van der Waals surface area contributed by atoms with Crippen molar-refractivity contribution in [2.45, 2.75) is 26.4 Å². The van der Waals surface area contributed by atoms with Gasteiger partial charge < -0.3 is 15.4 Å². The van der Waals surface area contributed by atoms with Crippen molar-refractivity contribution in [3.05, 3.63) is 30.1 Å². The summed E-state index contributed by atoms with van der Waals surface area (Å²) in [5, 5.41) is 5.82. The summed E-state index contributed by atoms with van der Waals surface area (Å²) in [6.45, 7) is 4.88. The molecule has 0 aliphatic heterocycles. The van der Waals surface area contributed by atoms with Crippen LogP contribution in [0.5, 0.6) is 5.75 Å². The molecule has 120 valence electrons. The summed E-state index contributed by atoms with van der Waals surface area (Å²) in [5.41, 5.74) is 0. The number of halogens is 2. The minimum absolute atomic E-state index is 0. The molecule has 0 heterocycles. The Morgan fingerprint density at radius 1 is 1.38 bits per heavy atom. The summed E-state index contributed by atoms with van der Waals surface area (Å²) in [6, 6.07) is 6.02. The Labute approximate surface area is 131 Å². The fourth-order valence-corrected chi connectivity index (χ4v) is 1.79. The molecule has 0 radical (unpaired) electrons. The van der Waals surface area contributed by atoms with Crippen LogP contribution in [0, 0.1) is 11.7 Å². The monoisotopic (exact) mass is 318 g/mol. The van der Waals surface area contributed by atoms with Crippen LogP contribution in [-0.2, 0) is 4.79 Å². The molecule has 0 spiro atoms. The smallest absolute Gasteiger partial charge is 0.224 e. The first-order valence-corrected chi connectivity index (χ1v) is 6.91. The zero-order valence-electron chi connectivity index (χ0n) is 12.7. The average Bonchev–Trinajstić information content (AvgIpc) is 2.43. The maximum Gasteiger partial charge on any atom is 0.224 e. The third-order valence-corrected chi connectivity index (χ3v) is 3.02. The predicted octanol–water partition coefficient (Wildman–Crippen LogP) is 2.38. The van der Waals surface area contributed by atoms with Gasteiger partial charge in [-0.2, -0.15) is 0 Å². The number of hydrogen-bond donors (Lipinski definition) is 2. The van der Waals surface area contributed by atoms with Crippen LogP contribution in [0.25, 0.3) is 0 Å². The van der Waals surface area contributed by atoms with Crippen molar-refractivity contribution >= 4 is 18.3 Å². The van der Waals surface area contributed by atoms with Crippen molar-refractivity contribution in [2.24, 2.45) is 5.92 Å². The highest BCUT2D eigenvalue weighted by Crippen LogP contribution is 2.14. The van der Waals surface area contributed by atoms with Crippen LogP contribution in [-0.4, -0.2) is 32.1 Å². The fraction of sp³-hybridized carbons (Fsp3) is 0.533. The van der Waals surface area contributed by atoms with Crippen LogP contribution in [0.4, 0.5) is 4.39 Å². The van der Waals surface area contributed by atoms with Crippen LogP contribution < -0.4 is 15.4 Å². The molecule has 0 aliphatic carbocycles. The van der Waals surface area contributed by atoms with E-state index in [0.29, 0.717) is 18.8 Å². The molecule has 1 amide bonds. The first kappa shape index (κ1) is 19.7. The molecule has 1 aromatic rings. The van der Waals surface area contributed by atoms with E-state index in [0.717, 1.165) is 6.42 Å². The lowest BCUT2D eigenvalue weighted by Gasteiger charge is -2.19. The topological polar surface area (TPSA) is 50.4 Å². The number of ether oxygens (including phenoxy) is 1. The molecule has 1 rings (SSSR count). The molecule has 6 heteroatoms. The van der Waals surface area contributed by atoms with Crippen molar-refractivity contribution < 1.29 is 13.9 Å². The molecule has 0 aromatic heterocycles. The van der Waals surface area contributed by atoms with Crippen molar-refractivity contribution in [3.8, 4) is 5.75 Å². The van der Waals surface area contributed by atoms with Gasteiger partial charge in [0.1, 0.15) is 17.7 Å². The number of carbonyl (C=O) groups is 1. The Morgan fingerprint density at radius 2 is 2.10 bits per heavy atom. The Bertz CT molecular complexity index is 432. The molecule has 2 N–H and O–H groups in total. The van der Waals surface area contributed by atoms with E-state index >= 15 is 0 Å². The van der Waals surface area contributed by atoms with Gasteiger partial charge in [-0.3, -0.25) is 4.79 Å². The number of rotatable bonds is 8. The van der Waals surface area contributed by atoms with Gasteiger partial charge >= 0.3 is 0 Å². The van der Waals surface area contributed by atoms with E-state index in [1.54, 1.807) is 12.1 Å². The second-order valence-electron chi connectivity index (χ2n) is 4.81. The number of benzene rings is 1. The molecule has 2 unspecified atom stereocenters. The summed E-state index contributed by atoms with van der Waals surface area (Å²) < 4.78 is 18.7. The third-order valence-electron chi connectivity index (χ3n) is 3.02. The quantitative estimate of drug-likeness (QED) is 0.774. The summed E-state index contributed by atoms with van der Waals surface area (Å²) in [7, 11) is 1.81. The number of carbonyl (C=O) groups excluding carboxylic acids is 1. The highest BCUT2D eigenvalue weighted by molar-refractivity contribution is 5.85. The molecular formula is C15H24ClFN2O2. The number of nitrogens with one attached hydrogen (secondary N) is 2. The Balaban J connectivity index is 0.00000400. The van der Waals surface area contributed by atoms with Gasteiger partial charge in [0.2, 0.25) is 5.91 Å². The minimum Gasteiger partial charge on any atom is -0.489 e. The standard InChI is InChI=1S/C15H23FN2O2.ClH/c1-4-13(10-18-15(19)11(2)9-17-3)20-14-7-5-6-12(16)8-14;/h5-8,11,13,17H,4,9-10H2,1-3H3,(H,18,19);1H. The SMILES string of the molecule is CCC(CNC(=O)C(C)CNC)Oc1cccc(F)c1.Cl. The normalized spacial score (nSPS) is 13.0. The lowest BCUT2D eigenvalue weighted by Crippen LogP contribution is -2.40. The van der Waals surface area contributed by atoms with Crippen molar-refractivity contribution in [1.82, 2.24) is 10.6 Å². The Morgan fingerprint density at radius 3 is 2.67 bits per heavy atom. The highest BCUT2D eigenvalue weighted by Gasteiger charge is 2.14. The van der Waals surface area contributed by atoms with Crippen LogP contribution in [0.3, 0.4) is 0 Å². The molecule has 1 aromatic carbocycles. The predicted molar refractivity (Wildman–Crippen MR) is 84.5 cm³/mol. The van der Waals surface area contributed by atoms with E-state index in [2.05, 4.69) is 10.6 Å². The lowest BCUT2D eigenvalue weighted by atomic mass is 10.1. The third kappa shape index (κ3) is 7.29. The van der Waals surface area contributed by atoms with E-state index in [-0.39, 0.29) is 36.2 Å². The van der Waals surface area contributed by atoms with Crippen molar-refractivity contribution in [3.63, 3.8) is 0 Å². The Hall–Kier alpha value is -1.33. The zero-order chi connectivity index (χ0) is 15.0. The Kier molecular flexibility index (Phi) is 9.75. The summed E-state index contributed by atoms with van der Waals surface area (Å²) in [4.78, 5) is 11.8. The van der Waals surface area contributed by atoms with E-state index < -0.39 is 0 Å². The summed E-state index contributed by atoms with van der Waals surface area (Å²) in [5.74, 6) is 0.0470. The van der Waals surface area contributed by atoms with Crippen molar-refractivity contribution in [1.29, 1.82) is 0 Å². The van der Waals surface area contributed by atoms with Crippen LogP contribution in [0.15, 0.2) is 24.3 Å². The maximum absolute atomic E-state index is 13.1. The molecular weight excluding hydrogens is 295 g/mol. The van der Waals surface area contributed by atoms with Crippen molar-refractivity contribution in [2.75, 3.05) is 20.1 Å². The molecule has 0 bridgehead atoms. The van der Waals surface area contributed by atoms with E-state index in [9.17, 15) is 9.18 Å². The molecule has 0 aliphatic rings. The molecule has 21 heavy (non-hydrogen) atoms. The summed E-state index contributed by atoms with van der Waals surface area (Å²) in [6.07, 6.45) is 0.569. The van der Waals surface area contributed by atoms with Gasteiger partial charge in [-0.15, -0.1) is 12.4 Å². The molecule has 0 fully saturated rings. The van der Waals surface area contributed by atoms with Gasteiger partial charge in [0.25, 0.3) is 0 Å². The van der Waals surface area contributed by atoms with Gasteiger partial charge in [0.15, 0.2) is 0 Å². The van der Waals surface area contributed by atoms with Crippen LogP contribution >= 0.6 is 12.4 Å².